The summed E-state index contributed by atoms with van der Waals surface area (Å²) >= 11 is 0. The highest BCUT2D eigenvalue weighted by atomic mass is 16.7. The Morgan fingerprint density at radius 2 is 1.82 bits per heavy atom. The van der Waals surface area contributed by atoms with Gasteiger partial charge in [0.1, 0.15) is 0 Å². The summed E-state index contributed by atoms with van der Waals surface area (Å²) in [6.07, 6.45) is 3.15. The first-order valence-corrected chi connectivity index (χ1v) is 13.7. The normalized spacial score (nSPS) is 19.1. The topological polar surface area (TPSA) is 65.4 Å². The van der Waals surface area contributed by atoms with E-state index in [0.717, 1.165) is 64.5 Å². The summed E-state index contributed by atoms with van der Waals surface area (Å²) in [7, 11) is 7.39. The van der Waals surface area contributed by atoms with Crippen molar-refractivity contribution in [3.05, 3.63) is 77.0 Å². The van der Waals surface area contributed by atoms with E-state index in [1.54, 1.807) is 18.8 Å². The van der Waals surface area contributed by atoms with Gasteiger partial charge in [0, 0.05) is 68.4 Å². The number of ether oxygens (including phenoxy) is 4. The van der Waals surface area contributed by atoms with Gasteiger partial charge in [0.15, 0.2) is 23.0 Å². The number of hydrogen-bond donors (Lipinski definition) is 0. The molecule has 0 saturated heterocycles. The van der Waals surface area contributed by atoms with Crippen LogP contribution in [0, 0.1) is 0 Å². The number of anilines is 1. The lowest BCUT2D eigenvalue weighted by atomic mass is 9.74. The van der Waals surface area contributed by atoms with Gasteiger partial charge in [0.2, 0.25) is 12.7 Å². The summed E-state index contributed by atoms with van der Waals surface area (Å²) in [6.45, 7) is 1.84. The minimum absolute atomic E-state index is 0.0231. The van der Waals surface area contributed by atoms with Crippen LogP contribution in [0.3, 0.4) is 0 Å². The van der Waals surface area contributed by atoms with Gasteiger partial charge in [-0.3, -0.25) is 14.3 Å². The molecular formula is C32H33N3O5. The van der Waals surface area contributed by atoms with E-state index in [2.05, 4.69) is 40.1 Å². The van der Waals surface area contributed by atoms with Crippen molar-refractivity contribution >= 4 is 22.5 Å². The number of nitrogens with zero attached hydrogens (tertiary/aromatic N) is 3. The summed E-state index contributed by atoms with van der Waals surface area (Å²) in [6, 6.07) is 16.6. The van der Waals surface area contributed by atoms with Crippen molar-refractivity contribution in [2.24, 2.45) is 0 Å². The second-order valence-corrected chi connectivity index (χ2v) is 11.0. The number of benzene rings is 3. The zero-order valence-corrected chi connectivity index (χ0v) is 23.3. The van der Waals surface area contributed by atoms with Crippen LogP contribution in [-0.4, -0.2) is 57.0 Å². The summed E-state index contributed by atoms with van der Waals surface area (Å²) < 4.78 is 24.8. The van der Waals surface area contributed by atoms with E-state index in [0.29, 0.717) is 12.2 Å². The fourth-order valence-corrected chi connectivity index (χ4v) is 6.76. The Labute approximate surface area is 233 Å². The Bertz CT molecular complexity index is 1640. The first-order chi connectivity index (χ1) is 19.5. The third kappa shape index (κ3) is 3.81. The van der Waals surface area contributed by atoms with Crippen molar-refractivity contribution in [3.8, 4) is 23.0 Å². The highest BCUT2D eigenvalue weighted by molar-refractivity contribution is 5.94. The van der Waals surface area contributed by atoms with Crippen LogP contribution in [0.15, 0.2) is 54.7 Å². The summed E-state index contributed by atoms with van der Waals surface area (Å²) in [5.74, 6) is 3.01. The number of carbonyl (C=O) groups excluding carboxylic acids is 1. The smallest absolute Gasteiger partial charge is 0.231 e. The Kier molecular flexibility index (Phi) is 5.89. The molecule has 2 unspecified atom stereocenters. The van der Waals surface area contributed by atoms with E-state index in [9.17, 15) is 4.79 Å². The van der Waals surface area contributed by atoms with Crippen molar-refractivity contribution in [1.82, 2.24) is 9.47 Å². The van der Waals surface area contributed by atoms with Gasteiger partial charge in [-0.05, 0) is 65.6 Å². The average molecular weight is 540 g/mol. The van der Waals surface area contributed by atoms with E-state index in [-0.39, 0.29) is 24.7 Å². The van der Waals surface area contributed by atoms with Crippen LogP contribution in [-0.2, 0) is 13.0 Å². The van der Waals surface area contributed by atoms with Crippen LogP contribution in [0.5, 0.6) is 23.0 Å². The molecule has 0 fully saturated rings. The van der Waals surface area contributed by atoms with Crippen LogP contribution < -0.4 is 23.8 Å². The molecule has 0 bridgehead atoms. The molecule has 206 valence electrons. The average Bonchev–Trinajstić information content (AvgIpc) is 3.61. The van der Waals surface area contributed by atoms with Crippen LogP contribution in [0.1, 0.15) is 45.4 Å². The quantitative estimate of drug-likeness (QED) is 0.337. The van der Waals surface area contributed by atoms with E-state index in [1.807, 2.05) is 38.5 Å². The second kappa shape index (κ2) is 9.48. The highest BCUT2D eigenvalue weighted by Crippen LogP contribution is 2.53. The molecule has 0 amide bonds. The predicted molar refractivity (Wildman–Crippen MR) is 153 cm³/mol. The number of aromatic nitrogens is 1. The third-order valence-corrected chi connectivity index (χ3v) is 8.69. The van der Waals surface area contributed by atoms with Gasteiger partial charge in [-0.25, -0.2) is 0 Å². The maximum absolute atomic E-state index is 14.1. The molecule has 0 saturated carbocycles. The Balaban J connectivity index is 1.34. The summed E-state index contributed by atoms with van der Waals surface area (Å²) in [4.78, 5) is 18.6. The molecule has 0 aliphatic carbocycles. The van der Waals surface area contributed by atoms with Crippen molar-refractivity contribution in [1.29, 1.82) is 0 Å². The maximum atomic E-state index is 14.1. The van der Waals surface area contributed by atoms with Crippen molar-refractivity contribution in [2.75, 3.05) is 46.6 Å². The van der Waals surface area contributed by atoms with Crippen LogP contribution in [0.25, 0.3) is 10.9 Å². The largest absolute Gasteiger partial charge is 0.493 e. The molecule has 2 atom stereocenters. The van der Waals surface area contributed by atoms with Gasteiger partial charge in [0.25, 0.3) is 0 Å². The molecule has 7 rings (SSSR count). The van der Waals surface area contributed by atoms with E-state index in [1.165, 1.54) is 11.1 Å². The Hall–Kier alpha value is -4.17. The van der Waals surface area contributed by atoms with Gasteiger partial charge in [-0.2, -0.15) is 0 Å². The fourth-order valence-electron chi connectivity index (χ4n) is 6.76. The molecule has 40 heavy (non-hydrogen) atoms. The highest BCUT2D eigenvalue weighted by Gasteiger charge is 2.42. The maximum Gasteiger partial charge on any atom is 0.231 e. The molecule has 8 heteroatoms. The van der Waals surface area contributed by atoms with Gasteiger partial charge in [-0.15, -0.1) is 0 Å². The first-order valence-electron chi connectivity index (χ1n) is 13.7. The minimum atomic E-state index is -0.0889. The molecule has 1 aromatic heterocycles. The van der Waals surface area contributed by atoms with Crippen LogP contribution in [0.2, 0.25) is 0 Å². The van der Waals surface area contributed by atoms with Crippen molar-refractivity contribution in [2.45, 2.75) is 31.3 Å². The monoisotopic (exact) mass is 539 g/mol. The number of methoxy groups -OCH3 is 2. The zero-order valence-electron chi connectivity index (χ0n) is 23.3. The van der Waals surface area contributed by atoms with Crippen molar-refractivity contribution < 1.29 is 23.7 Å². The lowest BCUT2D eigenvalue weighted by molar-refractivity contribution is 0.0827. The fraction of sp³-hybridized carbons (Fsp3) is 0.344. The van der Waals surface area contributed by atoms with E-state index < -0.39 is 0 Å². The van der Waals surface area contributed by atoms with E-state index >= 15 is 0 Å². The molecule has 8 nitrogen and oxygen atoms in total. The number of carbonyl (C=O) groups is 1. The molecule has 3 aliphatic heterocycles. The Morgan fingerprint density at radius 3 is 2.60 bits per heavy atom. The molecule has 3 aromatic carbocycles. The number of fused-ring (bicyclic) bond motifs is 6. The molecule has 0 spiro atoms. The Morgan fingerprint density at radius 1 is 1.00 bits per heavy atom. The molecule has 4 heterocycles. The lowest BCUT2D eigenvalue weighted by Gasteiger charge is -2.46. The second-order valence-electron chi connectivity index (χ2n) is 11.0. The lowest BCUT2D eigenvalue weighted by Crippen LogP contribution is -2.42. The zero-order chi connectivity index (χ0) is 27.5. The van der Waals surface area contributed by atoms with Crippen LogP contribution in [0.4, 0.5) is 5.69 Å². The van der Waals surface area contributed by atoms with Gasteiger partial charge >= 0.3 is 0 Å². The molecule has 0 radical (unpaired) electrons. The predicted octanol–water partition coefficient (Wildman–Crippen LogP) is 5.38. The minimum Gasteiger partial charge on any atom is -0.493 e. The first kappa shape index (κ1) is 24.8. The molecule has 4 aromatic rings. The van der Waals surface area contributed by atoms with Gasteiger partial charge in [0.05, 0.1) is 19.7 Å². The van der Waals surface area contributed by atoms with E-state index in [4.69, 9.17) is 18.9 Å². The number of hydrogen-bond acceptors (Lipinski definition) is 7. The molecule has 0 N–H and O–H groups in total. The summed E-state index contributed by atoms with van der Waals surface area (Å²) in [5.41, 5.74) is 6.71. The van der Waals surface area contributed by atoms with Gasteiger partial charge < -0.3 is 23.8 Å². The standard InChI is InChI=1S/C32H33N3O5/c1-33(2)21-5-7-26-20(13-21)10-12-35(26)30(36)16-24-22-6-8-27(37-3)32(38-4)25(22)17-34-11-9-19-14-28-29(40-18-39-28)15-23(19)31(24)34/h5-8,10,12-15,24,31H,9,11,16-18H2,1-4H3. The molecule has 3 aliphatic rings. The van der Waals surface area contributed by atoms with Crippen LogP contribution >= 0.6 is 0 Å². The molecular weight excluding hydrogens is 506 g/mol. The summed E-state index contributed by atoms with van der Waals surface area (Å²) in [5, 5.41) is 1.05. The van der Waals surface area contributed by atoms with Gasteiger partial charge in [-0.1, -0.05) is 6.07 Å². The third-order valence-electron chi connectivity index (χ3n) is 8.69. The SMILES string of the molecule is COc1ccc2c(c1OC)CN1CCc3cc4c(cc3C1C2CC(=O)n1ccc2cc(N(C)C)ccc21)OCO4. The van der Waals surface area contributed by atoms with Crippen molar-refractivity contribution in [3.63, 3.8) is 0 Å². The number of rotatable bonds is 5.